The summed E-state index contributed by atoms with van der Waals surface area (Å²) in [4.78, 5) is 54.2. The quantitative estimate of drug-likeness (QED) is 0.0798. The fraction of sp³-hybridized carbons (Fsp3) is 0.346. The van der Waals surface area contributed by atoms with Crippen LogP contribution in [-0.2, 0) is 18.8 Å². The minimum Gasteiger partial charge on any atom is -0.488 e. The fourth-order valence-corrected chi connectivity index (χ4v) is 6.91. The molecule has 0 radical (unpaired) electrons. The highest BCUT2D eigenvalue weighted by atomic mass is 16.5. The summed E-state index contributed by atoms with van der Waals surface area (Å²) < 4.78 is 32.8. The maximum absolute atomic E-state index is 13.0. The van der Waals surface area contributed by atoms with Crippen LogP contribution in [0.1, 0.15) is 88.9 Å². The van der Waals surface area contributed by atoms with Gasteiger partial charge in [0, 0.05) is 99.2 Å². The molecule has 2 aliphatic heterocycles. The van der Waals surface area contributed by atoms with E-state index in [4.69, 9.17) is 23.7 Å². The lowest BCUT2D eigenvalue weighted by Gasteiger charge is -2.30. The molecule has 4 heterocycles. The van der Waals surface area contributed by atoms with Crippen molar-refractivity contribution in [1.82, 2.24) is 29.4 Å². The predicted octanol–water partition coefficient (Wildman–Crippen LogP) is 7.96. The highest BCUT2D eigenvalue weighted by molar-refractivity contribution is 6.05. The van der Waals surface area contributed by atoms with Gasteiger partial charge in [-0.05, 0) is 120 Å². The molecule has 6 aromatic rings. The van der Waals surface area contributed by atoms with Crippen molar-refractivity contribution in [3.63, 3.8) is 0 Å². The summed E-state index contributed by atoms with van der Waals surface area (Å²) in [6.45, 7) is 13.0. The zero-order valence-electron chi connectivity index (χ0n) is 40.5. The third-order valence-electron chi connectivity index (χ3n) is 10.8. The number of benzene rings is 4. The maximum atomic E-state index is 13.0. The van der Waals surface area contributed by atoms with E-state index in [1.54, 1.807) is 145 Å². The molecule has 2 aliphatic rings. The number of carbonyl (C=O) groups excluding carboxylic acids is 4. The van der Waals surface area contributed by atoms with Gasteiger partial charge in [0.1, 0.15) is 46.7 Å². The lowest BCUT2D eigenvalue weighted by molar-refractivity contribution is -0.0374. The molecule has 4 amide bonds. The SMILES string of the molecule is C[C@@H](CO)Oc1cc(Oc2ccc(C(=O)N3CCC3)cc2)cc(C(=O)Nc2ccn(C)n2)c1.C[C@@H](COC(C)(C)C)Oc1cc(Oc2ccc(C(=O)N3CCC3)cc2)cc(C(=O)Nc2ccn(C)n2)c1. The summed E-state index contributed by atoms with van der Waals surface area (Å²) in [6.07, 6.45) is 4.84. The number of anilines is 2. The zero-order chi connectivity index (χ0) is 50.0. The van der Waals surface area contributed by atoms with Gasteiger partial charge in [-0.3, -0.25) is 28.5 Å². The van der Waals surface area contributed by atoms with E-state index in [9.17, 15) is 24.3 Å². The molecule has 0 spiro atoms. The molecule has 0 bridgehead atoms. The van der Waals surface area contributed by atoms with Gasteiger partial charge in [-0.25, -0.2) is 0 Å². The highest BCUT2D eigenvalue weighted by Gasteiger charge is 2.23. The minimum atomic E-state index is -0.459. The Bertz CT molecular complexity index is 2760. The molecule has 368 valence electrons. The van der Waals surface area contributed by atoms with Crippen LogP contribution in [-0.4, -0.2) is 115 Å². The Hall–Kier alpha value is -7.70. The van der Waals surface area contributed by atoms with Crippen LogP contribution in [0.2, 0.25) is 0 Å². The Morgan fingerprint density at radius 2 is 0.971 bits per heavy atom. The van der Waals surface area contributed by atoms with Crippen LogP contribution in [0.5, 0.6) is 34.5 Å². The number of hydrogen-bond donors (Lipinski definition) is 3. The Morgan fingerprint density at radius 1 is 0.571 bits per heavy atom. The van der Waals surface area contributed by atoms with Gasteiger partial charge in [-0.1, -0.05) is 0 Å². The van der Waals surface area contributed by atoms with Crippen LogP contribution in [0, 0.1) is 0 Å². The zero-order valence-corrected chi connectivity index (χ0v) is 40.5. The number of rotatable bonds is 17. The van der Waals surface area contributed by atoms with E-state index in [1.165, 1.54) is 0 Å². The van der Waals surface area contributed by atoms with E-state index in [0.717, 1.165) is 39.0 Å². The van der Waals surface area contributed by atoms with Gasteiger partial charge in [0.15, 0.2) is 11.6 Å². The smallest absolute Gasteiger partial charge is 0.257 e. The van der Waals surface area contributed by atoms with Crippen molar-refractivity contribution in [3.8, 4) is 34.5 Å². The highest BCUT2D eigenvalue weighted by Crippen LogP contribution is 2.31. The van der Waals surface area contributed by atoms with Crippen LogP contribution < -0.4 is 29.6 Å². The monoisotopic (exact) mass is 956 g/mol. The van der Waals surface area contributed by atoms with Gasteiger partial charge < -0.3 is 49.2 Å². The first-order valence-electron chi connectivity index (χ1n) is 23.1. The first-order chi connectivity index (χ1) is 33.5. The lowest BCUT2D eigenvalue weighted by Crippen LogP contribution is -2.41. The molecule has 0 aliphatic carbocycles. The molecule has 4 aromatic carbocycles. The standard InChI is InChI=1S/C28H34N4O5.C24H26N4O5/c1-19(18-35-28(2,3)4)36-23-15-21(26(33)29-25-11-14-31(5)30-25)16-24(17-23)37-22-9-7-20(8-10-22)27(34)32-12-6-13-32;1-16(15-29)32-20-12-18(23(30)25-22-8-11-27(2)26-22)13-21(14-20)33-19-6-4-17(5-7-19)24(31)28-9-3-10-28/h7-11,14-17,19H,6,12-13,18H2,1-5H3,(H,29,30,33);4-8,11-14,16,29H,3,9-10,15H2,1-2H3,(H,25,26,30)/t19-;16-/m00/s1. The van der Waals surface area contributed by atoms with Gasteiger partial charge in [0.05, 0.1) is 18.8 Å². The first kappa shape index (κ1) is 50.2. The second kappa shape index (κ2) is 22.6. The normalized spacial score (nSPS) is 13.9. The molecule has 2 fully saturated rings. The molecular formula is C52H60N8O10. The van der Waals surface area contributed by atoms with Crippen LogP contribution in [0.4, 0.5) is 11.6 Å². The average Bonchev–Trinajstić information content (AvgIpc) is 3.90. The number of ether oxygens (including phenoxy) is 5. The number of aliphatic hydroxyl groups is 1. The van der Waals surface area contributed by atoms with Gasteiger partial charge >= 0.3 is 0 Å². The average molecular weight is 957 g/mol. The van der Waals surface area contributed by atoms with Crippen molar-refractivity contribution in [2.45, 2.75) is 65.3 Å². The number of aromatic nitrogens is 4. The van der Waals surface area contributed by atoms with Crippen molar-refractivity contribution >= 4 is 35.3 Å². The van der Waals surface area contributed by atoms with Crippen molar-refractivity contribution in [3.05, 3.63) is 132 Å². The summed E-state index contributed by atoms with van der Waals surface area (Å²) in [7, 11) is 3.54. The second-order valence-corrected chi connectivity index (χ2v) is 18.1. The molecule has 18 nitrogen and oxygen atoms in total. The van der Waals surface area contributed by atoms with Gasteiger partial charge in [-0.2, -0.15) is 10.2 Å². The van der Waals surface area contributed by atoms with E-state index in [0.29, 0.717) is 75.0 Å². The molecule has 8 rings (SSSR count). The lowest BCUT2D eigenvalue weighted by atomic mass is 10.1. The maximum Gasteiger partial charge on any atom is 0.257 e. The number of aryl methyl sites for hydroxylation is 2. The third-order valence-corrected chi connectivity index (χ3v) is 10.8. The molecular weight excluding hydrogens is 897 g/mol. The van der Waals surface area contributed by atoms with E-state index in [2.05, 4.69) is 20.8 Å². The Kier molecular flexibility index (Phi) is 16.2. The number of nitrogens with one attached hydrogen (secondary N) is 2. The van der Waals surface area contributed by atoms with Crippen LogP contribution in [0.25, 0.3) is 0 Å². The van der Waals surface area contributed by atoms with Crippen LogP contribution >= 0.6 is 0 Å². The number of nitrogens with zero attached hydrogens (tertiary/aromatic N) is 6. The summed E-state index contributed by atoms with van der Waals surface area (Å²) in [5.41, 5.74) is 1.59. The number of hydrogen-bond acceptors (Lipinski definition) is 12. The van der Waals surface area contributed by atoms with Crippen LogP contribution in [0.15, 0.2) is 109 Å². The largest absolute Gasteiger partial charge is 0.488 e. The number of aliphatic hydroxyl groups excluding tert-OH is 1. The predicted molar refractivity (Wildman–Crippen MR) is 262 cm³/mol. The van der Waals surface area contributed by atoms with Crippen LogP contribution in [0.3, 0.4) is 0 Å². The second-order valence-electron chi connectivity index (χ2n) is 18.1. The van der Waals surface area contributed by atoms with Gasteiger partial charge in [0.25, 0.3) is 23.6 Å². The summed E-state index contributed by atoms with van der Waals surface area (Å²) >= 11 is 0. The first-order valence-corrected chi connectivity index (χ1v) is 23.1. The number of likely N-dealkylation sites (tertiary alicyclic amines) is 2. The molecule has 3 N–H and O–H groups in total. The molecule has 70 heavy (non-hydrogen) atoms. The molecule has 2 atom stereocenters. The number of carbonyl (C=O) groups is 4. The Labute approximate surface area is 407 Å². The van der Waals surface area contributed by atoms with Gasteiger partial charge in [0.2, 0.25) is 0 Å². The van der Waals surface area contributed by atoms with E-state index in [1.807, 2.05) is 32.6 Å². The minimum absolute atomic E-state index is 0.00895. The molecule has 2 aromatic heterocycles. The number of amides is 4. The summed E-state index contributed by atoms with van der Waals surface area (Å²) in [6, 6.07) is 27.1. The Morgan fingerprint density at radius 3 is 1.31 bits per heavy atom. The third kappa shape index (κ3) is 14.2. The van der Waals surface area contributed by atoms with Gasteiger partial charge in [-0.15, -0.1) is 0 Å². The van der Waals surface area contributed by atoms with E-state index in [-0.39, 0.29) is 41.9 Å². The van der Waals surface area contributed by atoms with Crippen molar-refractivity contribution in [1.29, 1.82) is 0 Å². The van der Waals surface area contributed by atoms with Crippen molar-refractivity contribution < 1.29 is 48.0 Å². The molecule has 2 saturated heterocycles. The summed E-state index contributed by atoms with van der Waals surface area (Å²) in [5.74, 6) is 2.87. The summed E-state index contributed by atoms with van der Waals surface area (Å²) in [5, 5.41) is 23.2. The molecule has 18 heteroatoms. The fourth-order valence-electron chi connectivity index (χ4n) is 6.91. The van der Waals surface area contributed by atoms with Crippen molar-refractivity contribution in [2.24, 2.45) is 14.1 Å². The van der Waals surface area contributed by atoms with E-state index >= 15 is 0 Å². The molecule has 0 saturated carbocycles. The molecule has 0 unspecified atom stereocenters. The topological polar surface area (TPSA) is 201 Å². The Balaban J connectivity index is 0.000000208. The van der Waals surface area contributed by atoms with E-state index < -0.39 is 6.10 Å². The van der Waals surface area contributed by atoms with Crippen molar-refractivity contribution in [2.75, 3.05) is 50.0 Å².